The molecule has 0 aliphatic heterocycles. The van der Waals surface area contributed by atoms with Gasteiger partial charge in [-0.15, -0.1) is 12.4 Å². The van der Waals surface area contributed by atoms with E-state index in [0.29, 0.717) is 6.42 Å². The van der Waals surface area contributed by atoms with Crippen molar-refractivity contribution in [2.75, 3.05) is 27.7 Å². The summed E-state index contributed by atoms with van der Waals surface area (Å²) in [6.45, 7) is 2.93. The number of nitrogens with one attached hydrogen (secondary N) is 1. The fourth-order valence-electron chi connectivity index (χ4n) is 2.86. The van der Waals surface area contributed by atoms with Gasteiger partial charge in [0.1, 0.15) is 5.75 Å². The molecule has 2 aromatic rings. The van der Waals surface area contributed by atoms with Crippen molar-refractivity contribution in [2.24, 2.45) is 0 Å². The first-order valence-corrected chi connectivity index (χ1v) is 8.72. The molecule has 0 aliphatic carbocycles. The molecule has 0 saturated heterocycles. The Morgan fingerprint density at radius 1 is 1.15 bits per heavy atom. The minimum absolute atomic E-state index is 0. The molecule has 0 radical (unpaired) electrons. The molecular weight excluding hydrogens is 348 g/mol. The van der Waals surface area contributed by atoms with Crippen LogP contribution >= 0.6 is 12.4 Å². The molecule has 4 nitrogen and oxygen atoms in total. The number of carbonyl (C=O) groups excluding carboxylic acids is 1. The molecule has 26 heavy (non-hydrogen) atoms. The Bertz CT molecular complexity index is 689. The van der Waals surface area contributed by atoms with E-state index in [4.69, 9.17) is 4.74 Å². The van der Waals surface area contributed by atoms with E-state index in [1.807, 2.05) is 37.2 Å². The molecule has 1 unspecified atom stereocenters. The van der Waals surface area contributed by atoms with Gasteiger partial charge in [0.05, 0.1) is 13.2 Å². The van der Waals surface area contributed by atoms with E-state index in [-0.39, 0.29) is 24.4 Å². The number of hydrogen-bond acceptors (Lipinski definition) is 3. The lowest BCUT2D eigenvalue weighted by atomic mass is 10.00. The largest absolute Gasteiger partial charge is 0.496 e. The lowest BCUT2D eigenvalue weighted by Crippen LogP contribution is -2.30. The van der Waals surface area contributed by atoms with Crippen molar-refractivity contribution >= 4 is 18.3 Å². The lowest BCUT2D eigenvalue weighted by Gasteiger charge is -2.25. The zero-order valence-corrected chi connectivity index (χ0v) is 16.8. The van der Waals surface area contributed by atoms with E-state index < -0.39 is 0 Å². The molecule has 0 fully saturated rings. The minimum Gasteiger partial charge on any atom is -0.496 e. The molecule has 1 N–H and O–H groups in total. The van der Waals surface area contributed by atoms with Gasteiger partial charge < -0.3 is 15.0 Å². The lowest BCUT2D eigenvalue weighted by molar-refractivity contribution is -0.131. The maximum absolute atomic E-state index is 12.3. The highest BCUT2D eigenvalue weighted by Crippen LogP contribution is 2.31. The zero-order valence-electron chi connectivity index (χ0n) is 16.0. The van der Waals surface area contributed by atoms with Gasteiger partial charge in [0.15, 0.2) is 0 Å². The third kappa shape index (κ3) is 5.48. The van der Waals surface area contributed by atoms with Crippen LogP contribution in [-0.2, 0) is 4.79 Å². The molecule has 1 amide bonds. The fourth-order valence-corrected chi connectivity index (χ4v) is 2.86. The van der Waals surface area contributed by atoms with E-state index in [1.165, 1.54) is 0 Å². The summed E-state index contributed by atoms with van der Waals surface area (Å²) in [5, 5.41) is 3.07. The maximum Gasteiger partial charge on any atom is 0.222 e. The highest BCUT2D eigenvalue weighted by Gasteiger charge is 2.17. The maximum atomic E-state index is 12.3. The second-order valence-electron chi connectivity index (χ2n) is 6.21. The normalized spacial score (nSPS) is 11.4. The molecule has 0 aliphatic rings. The van der Waals surface area contributed by atoms with Crippen LogP contribution in [0.5, 0.6) is 5.75 Å². The predicted molar refractivity (Wildman–Crippen MR) is 110 cm³/mol. The molecule has 5 heteroatoms. The summed E-state index contributed by atoms with van der Waals surface area (Å²) in [6.07, 6.45) is 1.43. The third-order valence-electron chi connectivity index (χ3n) is 4.60. The Hall–Kier alpha value is -2.04. The smallest absolute Gasteiger partial charge is 0.222 e. The van der Waals surface area contributed by atoms with Crippen LogP contribution in [0, 0.1) is 0 Å². The van der Waals surface area contributed by atoms with E-state index >= 15 is 0 Å². The number of methoxy groups -OCH3 is 1. The average molecular weight is 377 g/mol. The van der Waals surface area contributed by atoms with Crippen molar-refractivity contribution in [3.8, 4) is 16.9 Å². The molecule has 2 rings (SSSR count). The molecule has 0 heterocycles. The Kier molecular flexibility index (Phi) is 9.17. The topological polar surface area (TPSA) is 41.6 Å². The summed E-state index contributed by atoms with van der Waals surface area (Å²) in [7, 11) is 5.46. The van der Waals surface area contributed by atoms with Crippen LogP contribution in [-0.4, -0.2) is 38.6 Å². The second kappa shape index (κ2) is 10.8. The van der Waals surface area contributed by atoms with E-state index in [2.05, 4.69) is 42.6 Å². The second-order valence-corrected chi connectivity index (χ2v) is 6.21. The van der Waals surface area contributed by atoms with Gasteiger partial charge in [-0.3, -0.25) is 4.79 Å². The van der Waals surface area contributed by atoms with Crippen LogP contribution in [0.3, 0.4) is 0 Å². The van der Waals surface area contributed by atoms with E-state index in [0.717, 1.165) is 35.4 Å². The average Bonchev–Trinajstić information content (AvgIpc) is 2.67. The quantitative estimate of drug-likeness (QED) is 0.698. The molecule has 0 bridgehead atoms. The number of halogens is 1. The SMILES string of the molecule is CNCCCC(=O)N(C)C(C)c1ccc(-c2ccccc2OC)cc1.Cl. The molecule has 0 saturated carbocycles. The molecule has 0 spiro atoms. The number of para-hydroxylation sites is 1. The molecule has 0 aromatic heterocycles. The van der Waals surface area contributed by atoms with Crippen molar-refractivity contribution in [2.45, 2.75) is 25.8 Å². The summed E-state index contributed by atoms with van der Waals surface area (Å²) in [4.78, 5) is 14.1. The number of nitrogens with zero attached hydrogens (tertiary/aromatic N) is 1. The third-order valence-corrected chi connectivity index (χ3v) is 4.60. The van der Waals surface area contributed by atoms with Crippen LogP contribution in [0.25, 0.3) is 11.1 Å². The number of benzene rings is 2. The monoisotopic (exact) mass is 376 g/mol. The van der Waals surface area contributed by atoms with Crippen molar-refractivity contribution in [3.05, 3.63) is 54.1 Å². The molecular formula is C21H29ClN2O2. The summed E-state index contributed by atoms with van der Waals surface area (Å²) in [6, 6.07) is 16.4. The molecule has 142 valence electrons. The summed E-state index contributed by atoms with van der Waals surface area (Å²) in [5.74, 6) is 1.04. The first kappa shape index (κ1) is 22.0. The first-order chi connectivity index (χ1) is 12.1. The predicted octanol–water partition coefficient (Wildman–Crippen LogP) is 4.30. The van der Waals surface area contributed by atoms with Crippen molar-refractivity contribution in [3.63, 3.8) is 0 Å². The fraction of sp³-hybridized carbons (Fsp3) is 0.381. The van der Waals surface area contributed by atoms with Gasteiger partial charge in [-0.1, -0.05) is 42.5 Å². The first-order valence-electron chi connectivity index (χ1n) is 8.72. The Morgan fingerprint density at radius 3 is 2.42 bits per heavy atom. The standard InChI is InChI=1S/C21H28N2O2.ClH/c1-16(23(3)21(24)10-7-15-22-2)17-11-13-18(14-12-17)19-8-5-6-9-20(19)25-4;/h5-6,8-9,11-14,16,22H,7,10,15H2,1-4H3;1H. The number of amides is 1. The van der Waals surface area contributed by atoms with Gasteiger partial charge in [0.2, 0.25) is 5.91 Å². The van der Waals surface area contributed by atoms with Gasteiger partial charge in [0, 0.05) is 19.0 Å². The van der Waals surface area contributed by atoms with Gasteiger partial charge in [-0.2, -0.15) is 0 Å². The van der Waals surface area contributed by atoms with Crippen molar-refractivity contribution in [1.82, 2.24) is 10.2 Å². The Labute approximate surface area is 163 Å². The number of ether oxygens (including phenoxy) is 1. The molecule has 2 aromatic carbocycles. The summed E-state index contributed by atoms with van der Waals surface area (Å²) < 4.78 is 5.44. The van der Waals surface area contributed by atoms with Gasteiger partial charge in [-0.05, 0) is 44.1 Å². The van der Waals surface area contributed by atoms with Crippen LogP contribution in [0.2, 0.25) is 0 Å². The van der Waals surface area contributed by atoms with Gasteiger partial charge in [-0.25, -0.2) is 0 Å². The number of hydrogen-bond donors (Lipinski definition) is 1. The number of rotatable bonds is 8. The number of carbonyl (C=O) groups is 1. The van der Waals surface area contributed by atoms with Gasteiger partial charge >= 0.3 is 0 Å². The van der Waals surface area contributed by atoms with Crippen LogP contribution < -0.4 is 10.1 Å². The van der Waals surface area contributed by atoms with Crippen LogP contribution in [0.4, 0.5) is 0 Å². The minimum atomic E-state index is 0. The van der Waals surface area contributed by atoms with Crippen LogP contribution in [0.15, 0.2) is 48.5 Å². The van der Waals surface area contributed by atoms with Crippen LogP contribution in [0.1, 0.15) is 31.4 Å². The highest BCUT2D eigenvalue weighted by atomic mass is 35.5. The highest BCUT2D eigenvalue weighted by molar-refractivity contribution is 5.85. The van der Waals surface area contributed by atoms with Crippen molar-refractivity contribution < 1.29 is 9.53 Å². The summed E-state index contributed by atoms with van der Waals surface area (Å²) in [5.41, 5.74) is 3.31. The van der Waals surface area contributed by atoms with E-state index in [1.54, 1.807) is 7.11 Å². The Balaban J connectivity index is 0.00000338. The zero-order chi connectivity index (χ0) is 18.2. The van der Waals surface area contributed by atoms with E-state index in [9.17, 15) is 4.79 Å². The van der Waals surface area contributed by atoms with Crippen molar-refractivity contribution in [1.29, 1.82) is 0 Å². The molecule has 1 atom stereocenters. The van der Waals surface area contributed by atoms with Gasteiger partial charge in [0.25, 0.3) is 0 Å². The summed E-state index contributed by atoms with van der Waals surface area (Å²) >= 11 is 0. The Morgan fingerprint density at radius 2 is 1.81 bits per heavy atom.